The molecule has 1 aromatic heterocycles. The Balaban J connectivity index is 3.08. The fraction of sp³-hybridized carbons (Fsp3) is 0.625. The molecule has 0 aromatic carbocycles. The van der Waals surface area contributed by atoms with Crippen molar-refractivity contribution in [3.8, 4) is 0 Å². The molecule has 0 bridgehead atoms. The van der Waals surface area contributed by atoms with Gasteiger partial charge in [0.2, 0.25) is 0 Å². The number of hydrogen-bond acceptors (Lipinski definition) is 1. The molecule has 4 heteroatoms. The van der Waals surface area contributed by atoms with E-state index in [1.165, 1.54) is 10.8 Å². The van der Waals surface area contributed by atoms with Crippen LogP contribution >= 0.6 is 0 Å². The van der Waals surface area contributed by atoms with Gasteiger partial charge in [-0.05, 0) is 13.8 Å². The van der Waals surface area contributed by atoms with Crippen LogP contribution in [-0.2, 0) is 5.92 Å². The fourth-order valence-electron chi connectivity index (χ4n) is 1.07. The van der Waals surface area contributed by atoms with Crippen LogP contribution in [0.2, 0.25) is 0 Å². The molecular formula is C8H12F2N2. The average molecular weight is 174 g/mol. The molecule has 2 nitrogen and oxygen atoms in total. The van der Waals surface area contributed by atoms with Crippen molar-refractivity contribution in [2.24, 2.45) is 0 Å². The summed E-state index contributed by atoms with van der Waals surface area (Å²) in [7, 11) is 0. The number of aromatic nitrogens is 2. The summed E-state index contributed by atoms with van der Waals surface area (Å²) in [6, 6.07) is 0.0216. The Morgan fingerprint density at radius 1 is 1.50 bits per heavy atom. The molecule has 0 aliphatic carbocycles. The average Bonchev–Trinajstić information content (AvgIpc) is 2.30. The zero-order valence-corrected chi connectivity index (χ0v) is 7.38. The van der Waals surface area contributed by atoms with Crippen LogP contribution in [0.25, 0.3) is 0 Å². The lowest BCUT2D eigenvalue weighted by Crippen LogP contribution is -2.17. The number of rotatable bonds is 2. The van der Waals surface area contributed by atoms with Gasteiger partial charge in [0.1, 0.15) is 0 Å². The van der Waals surface area contributed by atoms with Crippen molar-refractivity contribution >= 4 is 0 Å². The van der Waals surface area contributed by atoms with E-state index in [1.54, 1.807) is 6.20 Å². The van der Waals surface area contributed by atoms with Gasteiger partial charge in [0, 0.05) is 25.4 Å². The zero-order valence-electron chi connectivity index (χ0n) is 7.38. The van der Waals surface area contributed by atoms with Gasteiger partial charge in [-0.1, -0.05) is 0 Å². The number of hydrogen-bond donors (Lipinski definition) is 0. The predicted octanol–water partition coefficient (Wildman–Crippen LogP) is 2.58. The van der Waals surface area contributed by atoms with Gasteiger partial charge < -0.3 is 4.57 Å². The highest BCUT2D eigenvalue weighted by molar-refractivity contribution is 5.00. The number of nitrogens with zero attached hydrogens (tertiary/aromatic N) is 2. The zero-order chi connectivity index (χ0) is 9.35. The van der Waals surface area contributed by atoms with E-state index in [1.807, 2.05) is 13.8 Å². The summed E-state index contributed by atoms with van der Waals surface area (Å²) in [5, 5.41) is 0. The standard InChI is InChI=1S/C8H12F2N2/c1-6(2)12-5-4-11-7(12)8(3,9)10/h4-6H,1-3H3. The van der Waals surface area contributed by atoms with Gasteiger partial charge in [0.25, 0.3) is 0 Å². The Labute approximate surface area is 70.2 Å². The van der Waals surface area contributed by atoms with E-state index in [0.29, 0.717) is 0 Å². The third-order valence-corrected chi connectivity index (χ3v) is 1.62. The maximum Gasteiger partial charge on any atom is 0.302 e. The molecule has 0 N–H and O–H groups in total. The van der Waals surface area contributed by atoms with Gasteiger partial charge in [0.05, 0.1) is 0 Å². The lowest BCUT2D eigenvalue weighted by Gasteiger charge is -2.15. The van der Waals surface area contributed by atoms with E-state index >= 15 is 0 Å². The van der Waals surface area contributed by atoms with Crippen LogP contribution in [0.15, 0.2) is 12.4 Å². The maximum absolute atomic E-state index is 12.8. The van der Waals surface area contributed by atoms with Gasteiger partial charge in [-0.15, -0.1) is 0 Å². The minimum Gasteiger partial charge on any atom is -0.327 e. The third-order valence-electron chi connectivity index (χ3n) is 1.62. The van der Waals surface area contributed by atoms with Crippen LogP contribution in [0.5, 0.6) is 0 Å². The Kier molecular flexibility index (Phi) is 2.17. The molecule has 1 aromatic rings. The molecule has 1 rings (SSSR count). The van der Waals surface area contributed by atoms with Crippen LogP contribution in [0, 0.1) is 0 Å². The maximum atomic E-state index is 12.8. The third kappa shape index (κ3) is 1.62. The largest absolute Gasteiger partial charge is 0.327 e. The monoisotopic (exact) mass is 174 g/mol. The summed E-state index contributed by atoms with van der Waals surface area (Å²) in [6.45, 7) is 4.54. The minimum atomic E-state index is -2.85. The van der Waals surface area contributed by atoms with E-state index < -0.39 is 5.92 Å². The van der Waals surface area contributed by atoms with Crippen LogP contribution < -0.4 is 0 Å². The van der Waals surface area contributed by atoms with Crippen molar-refractivity contribution in [2.45, 2.75) is 32.7 Å². The van der Waals surface area contributed by atoms with Crippen LogP contribution in [0.3, 0.4) is 0 Å². The predicted molar refractivity (Wildman–Crippen MR) is 42.2 cm³/mol. The SMILES string of the molecule is CC(C)n1ccnc1C(C)(F)F. The van der Waals surface area contributed by atoms with E-state index in [-0.39, 0.29) is 11.9 Å². The lowest BCUT2D eigenvalue weighted by molar-refractivity contribution is 0.00315. The Bertz CT molecular complexity index is 260. The second kappa shape index (κ2) is 2.84. The molecule has 0 fully saturated rings. The lowest BCUT2D eigenvalue weighted by atomic mass is 10.3. The van der Waals surface area contributed by atoms with Crippen molar-refractivity contribution < 1.29 is 8.78 Å². The van der Waals surface area contributed by atoms with Gasteiger partial charge in [-0.25, -0.2) is 4.98 Å². The van der Waals surface area contributed by atoms with E-state index in [4.69, 9.17) is 0 Å². The summed E-state index contributed by atoms with van der Waals surface area (Å²) in [5.41, 5.74) is 0. The highest BCUT2D eigenvalue weighted by atomic mass is 19.3. The molecule has 0 saturated heterocycles. The Morgan fingerprint density at radius 3 is 2.42 bits per heavy atom. The van der Waals surface area contributed by atoms with E-state index in [0.717, 1.165) is 6.92 Å². The number of imidazole rings is 1. The molecule has 0 amide bonds. The molecule has 68 valence electrons. The summed E-state index contributed by atoms with van der Waals surface area (Å²) < 4.78 is 27.1. The van der Waals surface area contributed by atoms with Crippen molar-refractivity contribution in [3.63, 3.8) is 0 Å². The van der Waals surface area contributed by atoms with Gasteiger partial charge in [0.15, 0.2) is 5.82 Å². The molecule has 0 spiro atoms. The van der Waals surface area contributed by atoms with Crippen LogP contribution in [-0.4, -0.2) is 9.55 Å². The molecule has 0 atom stereocenters. The summed E-state index contributed by atoms with van der Waals surface area (Å²) in [4.78, 5) is 3.62. The van der Waals surface area contributed by atoms with Crippen molar-refractivity contribution in [1.29, 1.82) is 0 Å². The summed E-state index contributed by atoms with van der Waals surface area (Å²) in [6.07, 6.45) is 2.96. The van der Waals surface area contributed by atoms with Crippen molar-refractivity contribution in [3.05, 3.63) is 18.2 Å². The highest BCUT2D eigenvalue weighted by Gasteiger charge is 2.30. The normalized spacial score (nSPS) is 12.5. The van der Waals surface area contributed by atoms with Gasteiger partial charge in [-0.2, -0.15) is 8.78 Å². The fourth-order valence-corrected chi connectivity index (χ4v) is 1.07. The molecule has 0 saturated carbocycles. The minimum absolute atomic E-state index is 0.0216. The summed E-state index contributed by atoms with van der Waals surface area (Å²) in [5.74, 6) is -3.02. The first-order chi connectivity index (χ1) is 5.43. The van der Waals surface area contributed by atoms with Crippen molar-refractivity contribution in [1.82, 2.24) is 9.55 Å². The molecule has 12 heavy (non-hydrogen) atoms. The van der Waals surface area contributed by atoms with Crippen LogP contribution in [0.4, 0.5) is 8.78 Å². The molecule has 0 radical (unpaired) electrons. The van der Waals surface area contributed by atoms with E-state index in [2.05, 4.69) is 4.98 Å². The van der Waals surface area contributed by atoms with E-state index in [9.17, 15) is 8.78 Å². The first kappa shape index (κ1) is 9.16. The number of alkyl halides is 2. The topological polar surface area (TPSA) is 17.8 Å². The number of halogens is 2. The molecule has 0 aliphatic rings. The summed E-state index contributed by atoms with van der Waals surface area (Å²) >= 11 is 0. The quantitative estimate of drug-likeness (QED) is 0.673. The Hall–Kier alpha value is -0.930. The first-order valence-corrected chi connectivity index (χ1v) is 3.84. The van der Waals surface area contributed by atoms with Gasteiger partial charge >= 0.3 is 5.92 Å². The van der Waals surface area contributed by atoms with Crippen molar-refractivity contribution in [2.75, 3.05) is 0 Å². The second-order valence-electron chi connectivity index (χ2n) is 3.14. The van der Waals surface area contributed by atoms with Crippen LogP contribution in [0.1, 0.15) is 32.6 Å². The molecular weight excluding hydrogens is 162 g/mol. The molecule has 0 aliphatic heterocycles. The van der Waals surface area contributed by atoms with Gasteiger partial charge in [-0.3, -0.25) is 0 Å². The Morgan fingerprint density at radius 2 is 2.08 bits per heavy atom. The molecule has 0 unspecified atom stereocenters. The first-order valence-electron chi connectivity index (χ1n) is 3.84. The highest BCUT2D eigenvalue weighted by Crippen LogP contribution is 2.26. The smallest absolute Gasteiger partial charge is 0.302 e. The molecule has 1 heterocycles. The second-order valence-corrected chi connectivity index (χ2v) is 3.14.